The molecule has 3 aromatic rings. The maximum atomic E-state index is 12.3. The van der Waals surface area contributed by atoms with Crippen LogP contribution in [0.25, 0.3) is 11.3 Å². The van der Waals surface area contributed by atoms with Gasteiger partial charge in [0, 0.05) is 16.9 Å². The van der Waals surface area contributed by atoms with Crippen LogP contribution >= 0.6 is 23.2 Å². The lowest BCUT2D eigenvalue weighted by atomic mass is 10.1. The van der Waals surface area contributed by atoms with E-state index in [0.717, 1.165) is 5.56 Å². The van der Waals surface area contributed by atoms with Crippen molar-refractivity contribution in [2.24, 2.45) is 0 Å². The fourth-order valence-corrected chi connectivity index (χ4v) is 2.71. The second-order valence-corrected chi connectivity index (χ2v) is 6.24. The largest absolute Gasteiger partial charge is 0.480 e. The summed E-state index contributed by atoms with van der Waals surface area (Å²) < 4.78 is 1.23. The normalized spacial score (nSPS) is 10.7. The van der Waals surface area contributed by atoms with Gasteiger partial charge in [0.05, 0.1) is 16.2 Å². The van der Waals surface area contributed by atoms with Gasteiger partial charge >= 0.3 is 5.97 Å². The Morgan fingerprint density at radius 1 is 1.23 bits per heavy atom. The first-order chi connectivity index (χ1) is 12.3. The van der Waals surface area contributed by atoms with Gasteiger partial charge in [0.15, 0.2) is 0 Å². The number of halogens is 2. The molecular formula is C16H13Cl2N5O3. The second kappa shape index (κ2) is 7.19. The summed E-state index contributed by atoms with van der Waals surface area (Å²) in [5.41, 5.74) is 2.61. The van der Waals surface area contributed by atoms with Crippen LogP contribution in [0.4, 0.5) is 5.69 Å². The van der Waals surface area contributed by atoms with Gasteiger partial charge in [-0.15, -0.1) is 5.10 Å². The SMILES string of the molecule is Cc1[nH]c(C(=O)Nc2ccc(-c3cn(CC(=O)O)nn3)cc2)c(Cl)c1Cl. The van der Waals surface area contributed by atoms with Gasteiger partial charge in [-0.25, -0.2) is 4.68 Å². The van der Waals surface area contributed by atoms with Crippen molar-refractivity contribution >= 4 is 40.8 Å². The highest BCUT2D eigenvalue weighted by Crippen LogP contribution is 2.29. The number of carbonyl (C=O) groups is 2. The fourth-order valence-electron chi connectivity index (χ4n) is 2.29. The number of aromatic nitrogens is 4. The molecule has 2 aromatic heterocycles. The van der Waals surface area contributed by atoms with Gasteiger partial charge in [0.2, 0.25) is 0 Å². The van der Waals surface area contributed by atoms with Gasteiger partial charge in [-0.3, -0.25) is 9.59 Å². The molecule has 0 saturated heterocycles. The Labute approximate surface area is 157 Å². The summed E-state index contributed by atoms with van der Waals surface area (Å²) in [6, 6.07) is 6.85. The highest BCUT2D eigenvalue weighted by Gasteiger charge is 2.18. The second-order valence-electron chi connectivity index (χ2n) is 5.48. The summed E-state index contributed by atoms with van der Waals surface area (Å²) in [6.07, 6.45) is 1.53. The van der Waals surface area contributed by atoms with Crippen molar-refractivity contribution in [3.05, 3.63) is 51.9 Å². The molecule has 1 amide bonds. The first kappa shape index (κ1) is 18.0. The maximum absolute atomic E-state index is 12.3. The zero-order valence-electron chi connectivity index (χ0n) is 13.5. The van der Waals surface area contributed by atoms with E-state index in [1.54, 1.807) is 31.2 Å². The third kappa shape index (κ3) is 3.71. The first-order valence-corrected chi connectivity index (χ1v) is 8.18. The standard InChI is InChI=1S/C16H13Cl2N5O3/c1-8-13(17)14(18)15(19-8)16(26)20-10-4-2-9(3-5-10)11-6-23(22-21-11)7-12(24)25/h2-6,19H,7H2,1H3,(H,20,26)(H,24,25). The minimum atomic E-state index is -1.00. The van der Waals surface area contributed by atoms with Crippen molar-refractivity contribution < 1.29 is 14.7 Å². The first-order valence-electron chi connectivity index (χ1n) is 7.42. The molecule has 0 unspecified atom stereocenters. The summed E-state index contributed by atoms with van der Waals surface area (Å²) in [5, 5.41) is 19.6. The van der Waals surface area contributed by atoms with Crippen molar-refractivity contribution in [3.63, 3.8) is 0 Å². The minimum absolute atomic E-state index is 0.174. The molecule has 0 bridgehead atoms. The number of H-pyrrole nitrogens is 1. The molecule has 0 fully saturated rings. The monoisotopic (exact) mass is 393 g/mol. The van der Waals surface area contributed by atoms with Crippen LogP contribution in [-0.2, 0) is 11.3 Å². The summed E-state index contributed by atoms with van der Waals surface area (Å²) in [7, 11) is 0. The predicted molar refractivity (Wildman–Crippen MR) is 96.6 cm³/mol. The highest BCUT2D eigenvalue weighted by molar-refractivity contribution is 6.44. The lowest BCUT2D eigenvalue weighted by molar-refractivity contribution is -0.137. The van der Waals surface area contributed by atoms with Crippen molar-refractivity contribution in [1.29, 1.82) is 0 Å². The average Bonchev–Trinajstić information content (AvgIpc) is 3.15. The van der Waals surface area contributed by atoms with Crippen LogP contribution in [-0.4, -0.2) is 37.0 Å². The molecular weight excluding hydrogens is 381 g/mol. The van der Waals surface area contributed by atoms with Crippen molar-refractivity contribution in [2.75, 3.05) is 5.32 Å². The summed E-state index contributed by atoms with van der Waals surface area (Å²) in [5.74, 6) is -1.41. The zero-order valence-corrected chi connectivity index (χ0v) is 15.0. The fraction of sp³-hybridized carbons (Fsp3) is 0.125. The molecule has 0 aliphatic carbocycles. The van der Waals surface area contributed by atoms with Gasteiger partial charge < -0.3 is 15.4 Å². The lowest BCUT2D eigenvalue weighted by Crippen LogP contribution is -2.12. The molecule has 0 saturated carbocycles. The van der Waals surface area contributed by atoms with E-state index < -0.39 is 11.9 Å². The summed E-state index contributed by atoms with van der Waals surface area (Å²) in [6.45, 7) is 1.46. The van der Waals surface area contributed by atoms with E-state index in [2.05, 4.69) is 20.6 Å². The number of aryl methyl sites for hydroxylation is 1. The number of anilines is 1. The third-order valence-electron chi connectivity index (χ3n) is 3.56. The molecule has 1 aromatic carbocycles. The number of aliphatic carboxylic acids is 1. The van der Waals surface area contributed by atoms with E-state index in [9.17, 15) is 9.59 Å². The number of nitrogens with one attached hydrogen (secondary N) is 2. The van der Waals surface area contributed by atoms with Crippen LogP contribution in [0.5, 0.6) is 0 Å². The molecule has 0 aliphatic heterocycles. The molecule has 3 N–H and O–H groups in total. The van der Waals surface area contributed by atoms with E-state index >= 15 is 0 Å². The number of carbonyl (C=O) groups excluding carboxylic acids is 1. The molecule has 3 rings (SSSR count). The van der Waals surface area contributed by atoms with Crippen molar-refractivity contribution in [3.8, 4) is 11.3 Å². The molecule has 134 valence electrons. The molecule has 0 aliphatic rings. The van der Waals surface area contributed by atoms with Gasteiger partial charge in [-0.1, -0.05) is 40.5 Å². The number of amides is 1. The summed E-state index contributed by atoms with van der Waals surface area (Å²) in [4.78, 5) is 25.8. The van der Waals surface area contributed by atoms with Crippen LogP contribution in [0.15, 0.2) is 30.5 Å². The van der Waals surface area contributed by atoms with Crippen LogP contribution in [0, 0.1) is 6.92 Å². The minimum Gasteiger partial charge on any atom is -0.480 e. The number of carboxylic acids is 1. The van der Waals surface area contributed by atoms with E-state index in [-0.39, 0.29) is 17.3 Å². The lowest BCUT2D eigenvalue weighted by Gasteiger charge is -2.05. The van der Waals surface area contributed by atoms with Gasteiger partial charge in [0.1, 0.15) is 17.9 Å². The van der Waals surface area contributed by atoms with E-state index in [4.69, 9.17) is 28.3 Å². The Kier molecular flexibility index (Phi) is 4.97. The maximum Gasteiger partial charge on any atom is 0.325 e. The number of benzene rings is 1. The number of nitrogens with zero attached hydrogens (tertiary/aromatic N) is 3. The Morgan fingerprint density at radius 3 is 2.50 bits per heavy atom. The Morgan fingerprint density at radius 2 is 1.92 bits per heavy atom. The molecule has 0 spiro atoms. The predicted octanol–water partition coefficient (Wildman–Crippen LogP) is 3.23. The number of carboxylic acid groups (broad SMARTS) is 1. The topological polar surface area (TPSA) is 113 Å². The van der Waals surface area contributed by atoms with Gasteiger partial charge in [0.25, 0.3) is 5.91 Å². The Bertz CT molecular complexity index is 978. The quantitative estimate of drug-likeness (QED) is 0.615. The van der Waals surface area contributed by atoms with Crippen LogP contribution < -0.4 is 5.32 Å². The van der Waals surface area contributed by atoms with Crippen molar-refractivity contribution in [1.82, 2.24) is 20.0 Å². The average molecular weight is 394 g/mol. The molecule has 0 atom stereocenters. The molecule has 2 heterocycles. The van der Waals surface area contributed by atoms with Crippen LogP contribution in [0.1, 0.15) is 16.2 Å². The van der Waals surface area contributed by atoms with Crippen LogP contribution in [0.2, 0.25) is 10.0 Å². The van der Waals surface area contributed by atoms with Crippen LogP contribution in [0.3, 0.4) is 0 Å². The van der Waals surface area contributed by atoms with E-state index in [0.29, 0.717) is 22.1 Å². The molecule has 0 radical (unpaired) electrons. The van der Waals surface area contributed by atoms with Gasteiger partial charge in [-0.2, -0.15) is 0 Å². The Balaban J connectivity index is 1.73. The van der Waals surface area contributed by atoms with Gasteiger partial charge in [-0.05, 0) is 19.1 Å². The molecule has 10 heteroatoms. The number of rotatable bonds is 5. The zero-order chi connectivity index (χ0) is 18.8. The number of hydrogen-bond acceptors (Lipinski definition) is 4. The number of hydrogen-bond donors (Lipinski definition) is 3. The summed E-state index contributed by atoms with van der Waals surface area (Å²) >= 11 is 12.0. The molecule has 8 nitrogen and oxygen atoms in total. The third-order valence-corrected chi connectivity index (χ3v) is 4.50. The Hall–Kier alpha value is -2.84. The van der Waals surface area contributed by atoms with E-state index in [1.807, 2.05) is 0 Å². The smallest absolute Gasteiger partial charge is 0.325 e. The highest BCUT2D eigenvalue weighted by atomic mass is 35.5. The van der Waals surface area contributed by atoms with Crippen molar-refractivity contribution in [2.45, 2.75) is 13.5 Å². The number of aromatic amines is 1. The molecule has 26 heavy (non-hydrogen) atoms. The van der Waals surface area contributed by atoms with E-state index in [1.165, 1.54) is 10.9 Å².